The Kier molecular flexibility index (Phi) is 9.09. The van der Waals surface area contributed by atoms with Gasteiger partial charge in [0.15, 0.2) is 5.16 Å². The molecule has 3 amide bonds. The molecule has 1 N–H and O–H groups in total. The lowest BCUT2D eigenvalue weighted by molar-refractivity contribution is -0.129. The van der Waals surface area contributed by atoms with Crippen LogP contribution in [0.1, 0.15) is 26.7 Å². The van der Waals surface area contributed by atoms with Gasteiger partial charge in [0.05, 0.1) is 15.8 Å². The Morgan fingerprint density at radius 3 is 2.47 bits per heavy atom. The molecule has 2 aromatic rings. The van der Waals surface area contributed by atoms with Crippen LogP contribution in [-0.2, 0) is 4.79 Å². The molecule has 3 heterocycles. The summed E-state index contributed by atoms with van der Waals surface area (Å²) in [6.07, 6.45) is 2.09. The molecule has 194 valence electrons. The fourth-order valence-corrected chi connectivity index (χ4v) is 5.61. The predicted octanol–water partition coefficient (Wildman–Crippen LogP) is 5.53. The lowest BCUT2D eigenvalue weighted by Crippen LogP contribution is -2.55. The molecule has 0 spiro atoms. The van der Waals surface area contributed by atoms with E-state index in [0.717, 1.165) is 25.9 Å². The third kappa shape index (κ3) is 6.88. The quantitative estimate of drug-likeness (QED) is 0.289. The van der Waals surface area contributed by atoms with Gasteiger partial charge in [0.2, 0.25) is 5.91 Å². The molecular weight excluding hydrogens is 543 g/mol. The standard InChI is InChI=1S/C24H29Cl3N6O2S/c1-15-5-7-31(8-6-15)22(34)14-36-23-29-20(27)12-21(30-23)32-9-10-33(16(2)13-32)24(35)28-17-3-4-18(25)19(26)11-17/h3-4,11-12,15-16H,5-10,13-14H2,1-2H3,(H,28,35). The first-order chi connectivity index (χ1) is 17.2. The van der Waals surface area contributed by atoms with Gasteiger partial charge in [-0.2, -0.15) is 0 Å². The van der Waals surface area contributed by atoms with Crippen molar-refractivity contribution < 1.29 is 9.59 Å². The Labute approximate surface area is 230 Å². The lowest BCUT2D eigenvalue weighted by Gasteiger charge is -2.40. The zero-order valence-electron chi connectivity index (χ0n) is 20.2. The normalized spacial score (nSPS) is 18.9. The fraction of sp³-hybridized carbons (Fsp3) is 0.500. The number of thioether (sulfide) groups is 1. The molecule has 12 heteroatoms. The number of aromatic nitrogens is 2. The average Bonchev–Trinajstić information content (AvgIpc) is 2.84. The molecule has 2 saturated heterocycles. The molecule has 2 fully saturated rings. The molecule has 8 nitrogen and oxygen atoms in total. The van der Waals surface area contributed by atoms with Crippen molar-refractivity contribution >= 4 is 70.0 Å². The van der Waals surface area contributed by atoms with Gasteiger partial charge < -0.3 is 20.0 Å². The van der Waals surface area contributed by atoms with Crippen LogP contribution in [-0.4, -0.2) is 76.2 Å². The molecule has 2 aliphatic heterocycles. The van der Waals surface area contributed by atoms with Crippen molar-refractivity contribution in [1.29, 1.82) is 0 Å². The van der Waals surface area contributed by atoms with E-state index in [1.54, 1.807) is 29.2 Å². The second-order valence-corrected chi connectivity index (χ2v) is 11.4. The number of hydrogen-bond acceptors (Lipinski definition) is 6. The Hall–Kier alpha value is -1.94. The summed E-state index contributed by atoms with van der Waals surface area (Å²) in [7, 11) is 0. The number of amides is 3. The maximum absolute atomic E-state index is 12.9. The topological polar surface area (TPSA) is 81.7 Å². The SMILES string of the molecule is CC1CCN(C(=O)CSc2nc(Cl)cc(N3CCN(C(=O)Nc4ccc(Cl)c(Cl)c4)C(C)C3)n2)CC1. The van der Waals surface area contributed by atoms with Crippen LogP contribution < -0.4 is 10.2 Å². The maximum Gasteiger partial charge on any atom is 0.322 e. The van der Waals surface area contributed by atoms with Gasteiger partial charge in [0, 0.05) is 50.5 Å². The minimum atomic E-state index is -0.205. The van der Waals surface area contributed by atoms with Crippen molar-refractivity contribution in [2.45, 2.75) is 37.9 Å². The number of likely N-dealkylation sites (tertiary alicyclic amines) is 1. The summed E-state index contributed by atoms with van der Waals surface area (Å²) in [4.78, 5) is 40.2. The second-order valence-electron chi connectivity index (χ2n) is 9.23. The maximum atomic E-state index is 12.9. The van der Waals surface area contributed by atoms with E-state index in [1.807, 2.05) is 11.8 Å². The number of piperidine rings is 1. The van der Waals surface area contributed by atoms with E-state index in [0.29, 0.717) is 57.4 Å². The molecule has 36 heavy (non-hydrogen) atoms. The number of benzene rings is 1. The third-order valence-corrected chi connectivity index (χ3v) is 8.27. The Bertz CT molecular complexity index is 1120. The van der Waals surface area contributed by atoms with E-state index in [2.05, 4.69) is 27.1 Å². The summed E-state index contributed by atoms with van der Waals surface area (Å²) < 4.78 is 0. The van der Waals surface area contributed by atoms with Crippen LogP contribution in [0.4, 0.5) is 16.3 Å². The molecule has 1 aromatic heterocycles. The number of carbonyl (C=O) groups excluding carboxylic acids is 2. The van der Waals surface area contributed by atoms with Crippen molar-refractivity contribution in [3.8, 4) is 0 Å². The van der Waals surface area contributed by atoms with Gasteiger partial charge in [0.25, 0.3) is 0 Å². The van der Waals surface area contributed by atoms with E-state index in [1.165, 1.54) is 11.8 Å². The summed E-state index contributed by atoms with van der Waals surface area (Å²) in [6, 6.07) is 6.43. The summed E-state index contributed by atoms with van der Waals surface area (Å²) in [5.41, 5.74) is 0.585. The Morgan fingerprint density at radius 1 is 1.03 bits per heavy atom. The first-order valence-electron chi connectivity index (χ1n) is 11.9. The first-order valence-corrected chi connectivity index (χ1v) is 14.0. The number of halogens is 3. The molecule has 1 aromatic carbocycles. The van der Waals surface area contributed by atoms with Crippen molar-refractivity contribution in [2.24, 2.45) is 5.92 Å². The van der Waals surface area contributed by atoms with E-state index < -0.39 is 0 Å². The van der Waals surface area contributed by atoms with Crippen molar-refractivity contribution in [3.63, 3.8) is 0 Å². The molecule has 0 saturated carbocycles. The van der Waals surface area contributed by atoms with Crippen LogP contribution in [0.5, 0.6) is 0 Å². The summed E-state index contributed by atoms with van der Waals surface area (Å²) in [5.74, 6) is 1.75. The number of urea groups is 1. The lowest BCUT2D eigenvalue weighted by atomic mass is 9.99. The summed E-state index contributed by atoms with van der Waals surface area (Å²) in [6.45, 7) is 7.49. The first kappa shape index (κ1) is 27.1. The van der Waals surface area contributed by atoms with Crippen LogP contribution in [0.3, 0.4) is 0 Å². The monoisotopic (exact) mass is 570 g/mol. The number of nitrogens with one attached hydrogen (secondary N) is 1. The number of hydrogen-bond donors (Lipinski definition) is 1. The minimum absolute atomic E-state index is 0.0746. The van der Waals surface area contributed by atoms with Gasteiger partial charge in [0.1, 0.15) is 11.0 Å². The van der Waals surface area contributed by atoms with Gasteiger partial charge >= 0.3 is 6.03 Å². The number of rotatable bonds is 5. The van der Waals surface area contributed by atoms with Crippen LogP contribution in [0.2, 0.25) is 15.2 Å². The Balaban J connectivity index is 1.34. The predicted molar refractivity (Wildman–Crippen MR) is 147 cm³/mol. The van der Waals surface area contributed by atoms with Crippen molar-refractivity contribution in [1.82, 2.24) is 19.8 Å². The second kappa shape index (κ2) is 12.1. The number of carbonyl (C=O) groups is 2. The molecule has 2 aliphatic rings. The van der Waals surface area contributed by atoms with Gasteiger partial charge in [-0.3, -0.25) is 4.79 Å². The highest BCUT2D eigenvalue weighted by atomic mass is 35.5. The summed E-state index contributed by atoms with van der Waals surface area (Å²) in [5, 5.41) is 4.50. The number of nitrogens with zero attached hydrogens (tertiary/aromatic N) is 5. The highest BCUT2D eigenvalue weighted by Crippen LogP contribution is 2.27. The molecule has 0 aliphatic carbocycles. The van der Waals surface area contributed by atoms with Crippen LogP contribution in [0.25, 0.3) is 0 Å². The van der Waals surface area contributed by atoms with E-state index in [9.17, 15) is 9.59 Å². The molecule has 1 unspecified atom stereocenters. The third-order valence-electron chi connectivity index (χ3n) is 6.51. The van der Waals surface area contributed by atoms with E-state index in [4.69, 9.17) is 34.8 Å². The number of piperazine rings is 1. The highest BCUT2D eigenvalue weighted by Gasteiger charge is 2.29. The van der Waals surface area contributed by atoms with Crippen molar-refractivity contribution in [2.75, 3.05) is 48.7 Å². The molecular formula is C24H29Cl3N6O2S. The van der Waals surface area contributed by atoms with Crippen LogP contribution >= 0.6 is 46.6 Å². The number of anilines is 2. The van der Waals surface area contributed by atoms with Gasteiger partial charge in [-0.05, 0) is 43.9 Å². The van der Waals surface area contributed by atoms with Gasteiger partial charge in [-0.1, -0.05) is 53.5 Å². The van der Waals surface area contributed by atoms with E-state index >= 15 is 0 Å². The Morgan fingerprint density at radius 2 is 1.78 bits per heavy atom. The highest BCUT2D eigenvalue weighted by molar-refractivity contribution is 7.99. The average molecular weight is 572 g/mol. The minimum Gasteiger partial charge on any atom is -0.353 e. The fourth-order valence-electron chi connectivity index (χ4n) is 4.32. The molecule has 1 atom stereocenters. The zero-order valence-corrected chi connectivity index (χ0v) is 23.3. The van der Waals surface area contributed by atoms with Crippen molar-refractivity contribution in [3.05, 3.63) is 39.5 Å². The zero-order chi connectivity index (χ0) is 25.8. The molecule has 0 bridgehead atoms. The molecule has 0 radical (unpaired) electrons. The largest absolute Gasteiger partial charge is 0.353 e. The van der Waals surface area contributed by atoms with Gasteiger partial charge in [-0.15, -0.1) is 0 Å². The van der Waals surface area contributed by atoms with Gasteiger partial charge in [-0.25, -0.2) is 14.8 Å². The smallest absolute Gasteiger partial charge is 0.322 e. The van der Waals surface area contributed by atoms with Crippen LogP contribution in [0, 0.1) is 5.92 Å². The summed E-state index contributed by atoms with van der Waals surface area (Å²) >= 11 is 19.6. The van der Waals surface area contributed by atoms with Crippen LogP contribution in [0.15, 0.2) is 29.4 Å². The molecule has 4 rings (SSSR count). The van der Waals surface area contributed by atoms with E-state index in [-0.39, 0.29) is 23.7 Å².